The zero-order valence-corrected chi connectivity index (χ0v) is 17.0. The zero-order valence-electron chi connectivity index (χ0n) is 16.1. The average Bonchev–Trinajstić information content (AvgIpc) is 3.37. The Balaban J connectivity index is 0.00000240. The van der Waals surface area contributed by atoms with Crippen molar-refractivity contribution in [3.8, 4) is 22.8 Å². The van der Waals surface area contributed by atoms with E-state index in [0.29, 0.717) is 29.5 Å². The lowest BCUT2D eigenvalue weighted by Crippen LogP contribution is -2.22. The monoisotopic (exact) mass is 414 g/mol. The van der Waals surface area contributed by atoms with Gasteiger partial charge in [-0.2, -0.15) is 4.52 Å². The van der Waals surface area contributed by atoms with Crippen LogP contribution in [0.1, 0.15) is 18.5 Å². The molecule has 4 aromatic rings. The van der Waals surface area contributed by atoms with Gasteiger partial charge in [-0.3, -0.25) is 0 Å². The number of methoxy groups -OCH3 is 1. The van der Waals surface area contributed by atoms with E-state index < -0.39 is 0 Å². The molecule has 8 nitrogen and oxygen atoms in total. The largest absolute Gasteiger partial charge is 0.461 e. The van der Waals surface area contributed by atoms with Crippen molar-refractivity contribution in [2.45, 2.75) is 13.0 Å². The molecule has 1 aromatic carbocycles. The van der Waals surface area contributed by atoms with Crippen LogP contribution >= 0.6 is 12.4 Å². The van der Waals surface area contributed by atoms with E-state index in [4.69, 9.17) is 20.6 Å². The number of benzene rings is 1. The number of fused-ring (bicyclic) bond motifs is 1. The van der Waals surface area contributed by atoms with Crippen molar-refractivity contribution in [3.63, 3.8) is 0 Å². The molecule has 4 rings (SSSR count). The number of nitrogens with two attached hydrogens (primary N) is 2. The van der Waals surface area contributed by atoms with E-state index in [1.54, 1.807) is 25.5 Å². The van der Waals surface area contributed by atoms with Crippen molar-refractivity contribution in [2.24, 2.45) is 11.7 Å². The lowest BCUT2D eigenvalue weighted by molar-refractivity contribution is 0.147. The zero-order chi connectivity index (χ0) is 19.7. The lowest BCUT2D eigenvalue weighted by Gasteiger charge is -2.19. The predicted octanol–water partition coefficient (Wildman–Crippen LogP) is 3.34. The Labute approximate surface area is 174 Å². The minimum atomic E-state index is -0.0955. The number of hydrogen-bond donors (Lipinski definition) is 2. The molecule has 0 saturated carbocycles. The molecule has 0 radical (unpaired) electrons. The molecular formula is C20H23ClN6O2. The van der Waals surface area contributed by atoms with Crippen LogP contribution in [0.25, 0.3) is 28.5 Å². The molecule has 0 aliphatic carbocycles. The Hall–Kier alpha value is -2.94. The second-order valence-electron chi connectivity index (χ2n) is 6.76. The van der Waals surface area contributed by atoms with E-state index >= 15 is 0 Å². The smallest absolute Gasteiger partial charge is 0.223 e. The third-order valence-electron chi connectivity index (χ3n) is 4.73. The molecule has 0 fully saturated rings. The van der Waals surface area contributed by atoms with Crippen LogP contribution in [0.5, 0.6) is 0 Å². The fraction of sp³-hybridized carbons (Fsp3) is 0.250. The Morgan fingerprint density at radius 2 is 1.93 bits per heavy atom. The number of anilines is 1. The van der Waals surface area contributed by atoms with E-state index in [9.17, 15) is 0 Å². The van der Waals surface area contributed by atoms with Gasteiger partial charge >= 0.3 is 0 Å². The number of ether oxygens (including phenoxy) is 1. The van der Waals surface area contributed by atoms with Crippen molar-refractivity contribution >= 4 is 24.0 Å². The van der Waals surface area contributed by atoms with Crippen molar-refractivity contribution < 1.29 is 9.15 Å². The first-order valence-corrected chi connectivity index (χ1v) is 8.99. The highest BCUT2D eigenvalue weighted by Gasteiger charge is 2.16. The van der Waals surface area contributed by atoms with Gasteiger partial charge in [0.15, 0.2) is 11.4 Å². The topological polar surface area (TPSA) is 117 Å². The molecule has 0 aliphatic heterocycles. The summed E-state index contributed by atoms with van der Waals surface area (Å²) in [6.45, 7) is 2.68. The summed E-state index contributed by atoms with van der Waals surface area (Å²) < 4.78 is 12.1. The first-order valence-electron chi connectivity index (χ1n) is 8.99. The van der Waals surface area contributed by atoms with Gasteiger partial charge in [0.1, 0.15) is 0 Å². The van der Waals surface area contributed by atoms with Gasteiger partial charge in [-0.05, 0) is 23.6 Å². The molecule has 152 valence electrons. The molecular weight excluding hydrogens is 392 g/mol. The predicted molar refractivity (Wildman–Crippen MR) is 114 cm³/mol. The maximum absolute atomic E-state index is 6.31. The van der Waals surface area contributed by atoms with Crippen molar-refractivity contribution in [2.75, 3.05) is 19.5 Å². The summed E-state index contributed by atoms with van der Waals surface area (Å²) in [6, 6.07) is 13.3. The highest BCUT2D eigenvalue weighted by atomic mass is 35.5. The molecule has 3 heterocycles. The van der Waals surface area contributed by atoms with Crippen molar-refractivity contribution in [1.82, 2.24) is 19.6 Å². The first-order chi connectivity index (χ1) is 13.6. The third kappa shape index (κ3) is 4.09. The highest BCUT2D eigenvalue weighted by Crippen LogP contribution is 2.26. The van der Waals surface area contributed by atoms with E-state index in [1.807, 2.05) is 30.3 Å². The number of halogens is 1. The third-order valence-corrected chi connectivity index (χ3v) is 4.73. The van der Waals surface area contributed by atoms with Crippen LogP contribution in [0.2, 0.25) is 0 Å². The van der Waals surface area contributed by atoms with Gasteiger partial charge < -0.3 is 20.6 Å². The van der Waals surface area contributed by atoms with Gasteiger partial charge in [0.2, 0.25) is 11.8 Å². The van der Waals surface area contributed by atoms with Gasteiger partial charge in [-0.1, -0.05) is 31.2 Å². The van der Waals surface area contributed by atoms with E-state index in [1.165, 1.54) is 4.52 Å². The van der Waals surface area contributed by atoms with Gasteiger partial charge in [0, 0.05) is 24.8 Å². The number of furan rings is 1. The minimum Gasteiger partial charge on any atom is -0.461 e. The molecule has 0 amide bonds. The standard InChI is InChI=1S/C20H22N6O2.ClH/c1-12(11-27-2)18(21)14-7-5-13(6-8-14)15-10-17-24-19(16-4-3-9-28-16)25-26(17)20(22)23-15;/h3-10,12,18H,11,21H2,1-2H3,(H2,22,23);1H. The fourth-order valence-corrected chi connectivity index (χ4v) is 3.14. The van der Waals surface area contributed by atoms with Gasteiger partial charge in [-0.15, -0.1) is 17.5 Å². The molecule has 4 N–H and O–H groups in total. The van der Waals surface area contributed by atoms with Crippen LogP contribution in [0.3, 0.4) is 0 Å². The van der Waals surface area contributed by atoms with E-state index in [-0.39, 0.29) is 30.3 Å². The van der Waals surface area contributed by atoms with Crippen molar-refractivity contribution in [1.29, 1.82) is 0 Å². The van der Waals surface area contributed by atoms with Crippen LogP contribution in [-0.4, -0.2) is 33.3 Å². The fourth-order valence-electron chi connectivity index (χ4n) is 3.14. The van der Waals surface area contributed by atoms with Gasteiger partial charge in [0.25, 0.3) is 0 Å². The Kier molecular flexibility index (Phi) is 6.17. The highest BCUT2D eigenvalue weighted by molar-refractivity contribution is 5.85. The number of rotatable bonds is 6. The van der Waals surface area contributed by atoms with E-state index in [0.717, 1.165) is 11.1 Å². The number of nitrogens with zero attached hydrogens (tertiary/aromatic N) is 4. The Morgan fingerprint density at radius 3 is 2.59 bits per heavy atom. The maximum atomic E-state index is 6.31. The van der Waals surface area contributed by atoms with Crippen LogP contribution in [0.4, 0.5) is 5.95 Å². The van der Waals surface area contributed by atoms with Gasteiger partial charge in [-0.25, -0.2) is 9.97 Å². The molecule has 0 spiro atoms. The molecule has 2 unspecified atom stereocenters. The molecule has 0 bridgehead atoms. The summed E-state index contributed by atoms with van der Waals surface area (Å²) in [5.41, 5.74) is 15.7. The van der Waals surface area contributed by atoms with Crippen LogP contribution in [0, 0.1) is 5.92 Å². The Morgan fingerprint density at radius 1 is 1.17 bits per heavy atom. The number of nitrogen functional groups attached to an aromatic ring is 1. The molecule has 0 saturated heterocycles. The molecule has 29 heavy (non-hydrogen) atoms. The second kappa shape index (κ2) is 8.60. The lowest BCUT2D eigenvalue weighted by atomic mass is 9.95. The van der Waals surface area contributed by atoms with Crippen molar-refractivity contribution in [3.05, 3.63) is 54.3 Å². The summed E-state index contributed by atoms with van der Waals surface area (Å²) in [5, 5.41) is 4.36. The summed E-state index contributed by atoms with van der Waals surface area (Å²) >= 11 is 0. The first kappa shape index (κ1) is 20.8. The van der Waals surface area contributed by atoms with Crippen LogP contribution in [-0.2, 0) is 4.74 Å². The molecule has 3 aromatic heterocycles. The summed E-state index contributed by atoms with van der Waals surface area (Å²) in [7, 11) is 1.68. The molecule has 9 heteroatoms. The van der Waals surface area contributed by atoms with Crippen LogP contribution < -0.4 is 11.5 Å². The summed E-state index contributed by atoms with van der Waals surface area (Å²) in [4.78, 5) is 8.96. The Bertz CT molecular complexity index is 1080. The van der Waals surface area contributed by atoms with Crippen LogP contribution in [0.15, 0.2) is 53.1 Å². The quantitative estimate of drug-likeness (QED) is 0.496. The number of aromatic nitrogens is 4. The normalized spacial score (nSPS) is 13.2. The second-order valence-corrected chi connectivity index (χ2v) is 6.76. The maximum Gasteiger partial charge on any atom is 0.223 e. The number of hydrogen-bond acceptors (Lipinski definition) is 7. The molecule has 0 aliphatic rings. The SMILES string of the molecule is COCC(C)C(N)c1ccc(-c2cc3nc(-c4ccco4)nn3c(N)n2)cc1.Cl. The van der Waals surface area contributed by atoms with E-state index in [2.05, 4.69) is 22.0 Å². The summed E-state index contributed by atoms with van der Waals surface area (Å²) in [5.74, 6) is 1.52. The van der Waals surface area contributed by atoms with Gasteiger partial charge in [0.05, 0.1) is 18.6 Å². The summed E-state index contributed by atoms with van der Waals surface area (Å²) in [6.07, 6.45) is 1.58. The minimum absolute atomic E-state index is 0. The molecule has 2 atom stereocenters. The average molecular weight is 415 g/mol.